The van der Waals surface area contributed by atoms with Crippen molar-refractivity contribution in [1.29, 1.82) is 0 Å². The van der Waals surface area contributed by atoms with E-state index >= 15 is 0 Å². The summed E-state index contributed by atoms with van der Waals surface area (Å²) in [5.41, 5.74) is 1.84. The number of carbonyl (C=O) groups is 1. The third kappa shape index (κ3) is 5.18. The van der Waals surface area contributed by atoms with Crippen LogP contribution in [0.4, 0.5) is 0 Å². The summed E-state index contributed by atoms with van der Waals surface area (Å²) < 4.78 is 39.2. The fourth-order valence-electron chi connectivity index (χ4n) is 4.62. The number of ether oxygens (including phenoxy) is 2. The molecule has 7 nitrogen and oxygen atoms in total. The van der Waals surface area contributed by atoms with Gasteiger partial charge in [0.25, 0.3) is 0 Å². The summed E-state index contributed by atoms with van der Waals surface area (Å²) >= 11 is 0. The second kappa shape index (κ2) is 10.5. The average molecular weight is 495 g/mol. The quantitative estimate of drug-likeness (QED) is 0.477. The molecule has 8 heteroatoms. The molecule has 1 fully saturated rings. The summed E-state index contributed by atoms with van der Waals surface area (Å²) in [4.78, 5) is 15.5. The minimum absolute atomic E-state index is 0.0923. The Kier molecular flexibility index (Phi) is 7.42. The van der Waals surface area contributed by atoms with Crippen LogP contribution in [0.1, 0.15) is 17.0 Å². The summed E-state index contributed by atoms with van der Waals surface area (Å²) in [5, 5.41) is 0. The molecule has 0 saturated carbocycles. The van der Waals surface area contributed by atoms with Crippen molar-refractivity contribution < 1.29 is 22.7 Å². The molecule has 1 heterocycles. The van der Waals surface area contributed by atoms with Crippen molar-refractivity contribution in [1.82, 2.24) is 9.21 Å². The van der Waals surface area contributed by atoms with Gasteiger partial charge in [-0.05, 0) is 41.5 Å². The van der Waals surface area contributed by atoms with Gasteiger partial charge in [0.15, 0.2) is 0 Å². The fraction of sp³-hybridized carbons (Fsp3) is 0.296. The van der Waals surface area contributed by atoms with E-state index in [2.05, 4.69) is 0 Å². The van der Waals surface area contributed by atoms with Crippen molar-refractivity contribution in [3.8, 4) is 11.5 Å². The van der Waals surface area contributed by atoms with Crippen LogP contribution in [0.3, 0.4) is 0 Å². The second-order valence-corrected chi connectivity index (χ2v) is 10.6. The van der Waals surface area contributed by atoms with Gasteiger partial charge in [0.1, 0.15) is 11.5 Å². The van der Waals surface area contributed by atoms with E-state index in [1.165, 1.54) is 23.5 Å². The predicted octanol–water partition coefficient (Wildman–Crippen LogP) is 3.77. The van der Waals surface area contributed by atoms with Gasteiger partial charge in [0.2, 0.25) is 15.9 Å². The SMILES string of the molecule is COc1ccc(S(=O)(=O)N2C[C@H](C(=O)N(C)Cc3ccccc3)[C@@H](c3ccccc3OC)C2)cc1. The number of amides is 1. The van der Waals surface area contributed by atoms with Gasteiger partial charge in [-0.1, -0.05) is 48.5 Å². The van der Waals surface area contributed by atoms with Crippen molar-refractivity contribution in [2.24, 2.45) is 5.92 Å². The molecule has 4 rings (SSSR count). The largest absolute Gasteiger partial charge is 0.497 e. The smallest absolute Gasteiger partial charge is 0.243 e. The second-order valence-electron chi connectivity index (χ2n) is 8.63. The highest BCUT2D eigenvalue weighted by atomic mass is 32.2. The molecular weight excluding hydrogens is 464 g/mol. The van der Waals surface area contributed by atoms with E-state index in [4.69, 9.17) is 9.47 Å². The Bertz CT molecular complexity index is 1260. The monoisotopic (exact) mass is 494 g/mol. The summed E-state index contributed by atoms with van der Waals surface area (Å²) in [7, 11) is 1.06. The summed E-state index contributed by atoms with van der Waals surface area (Å²) in [6.45, 7) is 0.722. The first-order chi connectivity index (χ1) is 16.8. The normalized spacial score (nSPS) is 18.3. The van der Waals surface area contributed by atoms with Crippen LogP contribution in [0.25, 0.3) is 0 Å². The average Bonchev–Trinajstić information content (AvgIpc) is 3.35. The Morgan fingerprint density at radius 3 is 2.23 bits per heavy atom. The Morgan fingerprint density at radius 1 is 0.914 bits per heavy atom. The maximum atomic E-state index is 13.7. The first-order valence-electron chi connectivity index (χ1n) is 11.4. The number of rotatable bonds is 8. The van der Waals surface area contributed by atoms with E-state index in [9.17, 15) is 13.2 Å². The number of methoxy groups -OCH3 is 2. The standard InChI is InChI=1S/C27H30N2O5S/c1-28(17-20-9-5-4-6-10-20)27(30)25-19-29(18-24(25)23-11-7-8-12-26(23)34-3)35(31,32)22-15-13-21(33-2)14-16-22/h4-16,24-25H,17-19H2,1-3H3/t24-,25+/m1/s1. The zero-order valence-electron chi connectivity index (χ0n) is 20.1. The molecule has 0 unspecified atom stereocenters. The van der Waals surface area contributed by atoms with Gasteiger partial charge >= 0.3 is 0 Å². The van der Waals surface area contributed by atoms with E-state index in [0.717, 1.165) is 11.1 Å². The van der Waals surface area contributed by atoms with E-state index in [-0.39, 0.29) is 29.8 Å². The highest BCUT2D eigenvalue weighted by molar-refractivity contribution is 7.89. The molecule has 35 heavy (non-hydrogen) atoms. The Hall–Kier alpha value is -3.36. The number of sulfonamides is 1. The zero-order valence-corrected chi connectivity index (χ0v) is 20.9. The molecule has 0 N–H and O–H groups in total. The Morgan fingerprint density at radius 2 is 1.57 bits per heavy atom. The van der Waals surface area contributed by atoms with Crippen molar-refractivity contribution >= 4 is 15.9 Å². The number of para-hydroxylation sites is 1. The van der Waals surface area contributed by atoms with Gasteiger partial charge in [0.05, 0.1) is 25.0 Å². The lowest BCUT2D eigenvalue weighted by Gasteiger charge is -2.25. The number of hydrogen-bond acceptors (Lipinski definition) is 5. The van der Waals surface area contributed by atoms with Gasteiger partial charge in [-0.2, -0.15) is 4.31 Å². The van der Waals surface area contributed by atoms with Gasteiger partial charge in [0, 0.05) is 32.6 Å². The Labute approximate surface area is 206 Å². The minimum Gasteiger partial charge on any atom is -0.497 e. The number of nitrogens with zero attached hydrogens (tertiary/aromatic N) is 2. The summed E-state index contributed by atoms with van der Waals surface area (Å²) in [6.07, 6.45) is 0. The molecule has 2 atom stereocenters. The molecule has 3 aromatic carbocycles. The van der Waals surface area contributed by atoms with Crippen molar-refractivity contribution in [3.63, 3.8) is 0 Å². The fourth-order valence-corrected chi connectivity index (χ4v) is 6.11. The number of hydrogen-bond donors (Lipinski definition) is 0. The molecule has 1 aliphatic heterocycles. The van der Waals surface area contributed by atoms with Crippen molar-refractivity contribution in [2.75, 3.05) is 34.4 Å². The van der Waals surface area contributed by atoms with Crippen molar-refractivity contribution in [3.05, 3.63) is 90.0 Å². The van der Waals surface area contributed by atoms with Crippen LogP contribution in [0.15, 0.2) is 83.8 Å². The summed E-state index contributed by atoms with van der Waals surface area (Å²) in [6, 6.07) is 23.5. The maximum absolute atomic E-state index is 13.7. The van der Waals surface area contributed by atoms with Crippen LogP contribution < -0.4 is 9.47 Å². The highest BCUT2D eigenvalue weighted by Crippen LogP contribution is 2.40. The van der Waals surface area contributed by atoms with E-state index in [0.29, 0.717) is 18.0 Å². The van der Waals surface area contributed by atoms with Crippen LogP contribution in [0.5, 0.6) is 11.5 Å². The van der Waals surface area contributed by atoms with Crippen LogP contribution in [0.2, 0.25) is 0 Å². The lowest BCUT2D eigenvalue weighted by Crippen LogP contribution is -2.36. The Balaban J connectivity index is 1.66. The molecule has 1 aliphatic rings. The maximum Gasteiger partial charge on any atom is 0.243 e. The predicted molar refractivity (Wildman–Crippen MR) is 134 cm³/mol. The van der Waals surface area contributed by atoms with Gasteiger partial charge in [-0.3, -0.25) is 4.79 Å². The molecule has 3 aromatic rings. The van der Waals surface area contributed by atoms with Crippen LogP contribution in [-0.4, -0.2) is 57.9 Å². The van der Waals surface area contributed by atoms with Crippen LogP contribution in [-0.2, 0) is 21.4 Å². The van der Waals surface area contributed by atoms with Crippen molar-refractivity contribution in [2.45, 2.75) is 17.4 Å². The van der Waals surface area contributed by atoms with E-state index < -0.39 is 15.9 Å². The zero-order chi connectivity index (χ0) is 25.0. The molecular formula is C27H30N2O5S. The molecule has 0 spiro atoms. The molecule has 184 valence electrons. The first-order valence-corrected chi connectivity index (χ1v) is 12.8. The van der Waals surface area contributed by atoms with Crippen LogP contribution >= 0.6 is 0 Å². The lowest BCUT2D eigenvalue weighted by molar-refractivity contribution is -0.134. The van der Waals surface area contributed by atoms with Gasteiger partial charge in [-0.25, -0.2) is 8.42 Å². The van der Waals surface area contributed by atoms with E-state index in [1.807, 2.05) is 54.6 Å². The van der Waals surface area contributed by atoms with Gasteiger partial charge in [-0.15, -0.1) is 0 Å². The minimum atomic E-state index is -3.81. The molecule has 0 aliphatic carbocycles. The summed E-state index contributed by atoms with van der Waals surface area (Å²) in [5.74, 6) is 0.229. The lowest BCUT2D eigenvalue weighted by atomic mass is 9.87. The van der Waals surface area contributed by atoms with Gasteiger partial charge < -0.3 is 14.4 Å². The molecule has 0 aromatic heterocycles. The third-order valence-corrected chi connectivity index (χ3v) is 8.32. The van der Waals surface area contributed by atoms with Crippen LogP contribution in [0, 0.1) is 5.92 Å². The first kappa shape index (κ1) is 24.8. The number of carbonyl (C=O) groups excluding carboxylic acids is 1. The molecule has 1 amide bonds. The van der Waals surface area contributed by atoms with E-state index in [1.54, 1.807) is 31.2 Å². The molecule has 0 radical (unpaired) electrons. The molecule has 0 bridgehead atoms. The molecule has 1 saturated heterocycles. The highest BCUT2D eigenvalue weighted by Gasteiger charge is 2.45. The topological polar surface area (TPSA) is 76.2 Å². The third-order valence-electron chi connectivity index (χ3n) is 6.48. The number of benzene rings is 3.